The van der Waals surface area contributed by atoms with E-state index in [9.17, 15) is 0 Å². The fourth-order valence-electron chi connectivity index (χ4n) is 1.16. The fourth-order valence-corrected chi connectivity index (χ4v) is 2.12. The van der Waals surface area contributed by atoms with Crippen LogP contribution in [0.25, 0.3) is 0 Å². The van der Waals surface area contributed by atoms with Gasteiger partial charge in [-0.15, -0.1) is 11.3 Å². The predicted molar refractivity (Wildman–Crippen MR) is 54.9 cm³/mol. The van der Waals surface area contributed by atoms with E-state index in [2.05, 4.69) is 11.9 Å². The number of hydrogen-bond acceptors (Lipinski definition) is 4. The molecule has 0 radical (unpaired) electrons. The lowest BCUT2D eigenvalue weighted by Gasteiger charge is -2.24. The van der Waals surface area contributed by atoms with Gasteiger partial charge in [0.25, 0.3) is 0 Å². The van der Waals surface area contributed by atoms with Gasteiger partial charge in [-0.1, -0.05) is 6.92 Å². The molecule has 0 bridgehead atoms. The number of methoxy groups -OCH3 is 1. The van der Waals surface area contributed by atoms with Gasteiger partial charge in [-0.05, 0) is 13.3 Å². The van der Waals surface area contributed by atoms with E-state index >= 15 is 0 Å². The lowest BCUT2D eigenvalue weighted by molar-refractivity contribution is 0.129. The van der Waals surface area contributed by atoms with Crippen LogP contribution >= 0.6 is 11.3 Å². The molecule has 1 aromatic rings. The Labute approximate surface area is 82.9 Å². The van der Waals surface area contributed by atoms with Crippen LogP contribution in [0, 0.1) is 6.92 Å². The molecule has 1 unspecified atom stereocenters. The Hall–Kier alpha value is -0.450. The van der Waals surface area contributed by atoms with Crippen LogP contribution in [0.3, 0.4) is 0 Å². The van der Waals surface area contributed by atoms with Gasteiger partial charge < -0.3 is 10.5 Å². The smallest absolute Gasteiger partial charge is 0.115 e. The van der Waals surface area contributed by atoms with Crippen LogP contribution in [0.5, 0.6) is 0 Å². The van der Waals surface area contributed by atoms with E-state index < -0.39 is 5.54 Å². The first-order valence-corrected chi connectivity index (χ1v) is 5.21. The highest BCUT2D eigenvalue weighted by Crippen LogP contribution is 2.25. The topological polar surface area (TPSA) is 48.1 Å². The molecule has 0 aliphatic heterocycles. The van der Waals surface area contributed by atoms with Crippen molar-refractivity contribution in [3.8, 4) is 0 Å². The fraction of sp³-hybridized carbons (Fsp3) is 0.667. The van der Waals surface area contributed by atoms with Crippen LogP contribution in [0.15, 0.2) is 5.38 Å². The van der Waals surface area contributed by atoms with Crippen molar-refractivity contribution in [1.82, 2.24) is 4.98 Å². The van der Waals surface area contributed by atoms with Gasteiger partial charge in [0, 0.05) is 18.2 Å². The van der Waals surface area contributed by atoms with Crippen LogP contribution in [-0.2, 0) is 10.3 Å². The van der Waals surface area contributed by atoms with E-state index in [1.807, 2.05) is 12.3 Å². The third-order valence-corrected chi connectivity index (χ3v) is 3.26. The molecule has 1 heterocycles. The summed E-state index contributed by atoms with van der Waals surface area (Å²) < 4.78 is 5.10. The molecule has 0 fully saturated rings. The molecule has 0 amide bonds. The highest BCUT2D eigenvalue weighted by atomic mass is 32.1. The van der Waals surface area contributed by atoms with Gasteiger partial charge in [0.05, 0.1) is 12.1 Å². The van der Waals surface area contributed by atoms with Crippen molar-refractivity contribution >= 4 is 11.3 Å². The lowest BCUT2D eigenvalue weighted by Crippen LogP contribution is -2.40. The summed E-state index contributed by atoms with van der Waals surface area (Å²) in [6.07, 6.45) is 0.841. The average Bonchev–Trinajstić information content (AvgIpc) is 2.52. The third kappa shape index (κ3) is 2.27. The molecule has 0 saturated heterocycles. The van der Waals surface area contributed by atoms with Crippen molar-refractivity contribution in [2.75, 3.05) is 13.7 Å². The van der Waals surface area contributed by atoms with Crippen molar-refractivity contribution in [1.29, 1.82) is 0 Å². The van der Waals surface area contributed by atoms with Crippen LogP contribution in [0.1, 0.15) is 24.0 Å². The average molecular weight is 200 g/mol. The van der Waals surface area contributed by atoms with Gasteiger partial charge in [0.2, 0.25) is 0 Å². The Morgan fingerprint density at radius 3 is 2.77 bits per heavy atom. The minimum Gasteiger partial charge on any atom is -0.382 e. The van der Waals surface area contributed by atoms with E-state index in [0.717, 1.165) is 17.1 Å². The minimum absolute atomic E-state index is 0.409. The second kappa shape index (κ2) is 4.17. The first-order valence-electron chi connectivity index (χ1n) is 4.33. The zero-order valence-corrected chi connectivity index (χ0v) is 9.15. The zero-order chi connectivity index (χ0) is 9.90. The van der Waals surface area contributed by atoms with Gasteiger partial charge in [-0.3, -0.25) is 0 Å². The first-order chi connectivity index (χ1) is 6.12. The van der Waals surface area contributed by atoms with Gasteiger partial charge >= 0.3 is 0 Å². The molecule has 0 aromatic carbocycles. The Morgan fingerprint density at radius 2 is 2.38 bits per heavy atom. The summed E-state index contributed by atoms with van der Waals surface area (Å²) in [6, 6.07) is 0. The minimum atomic E-state index is -0.409. The molecule has 74 valence electrons. The largest absolute Gasteiger partial charge is 0.382 e. The second-order valence-corrected chi connectivity index (χ2v) is 4.09. The van der Waals surface area contributed by atoms with E-state index in [4.69, 9.17) is 10.5 Å². The Bertz CT molecular complexity index is 274. The van der Waals surface area contributed by atoms with Gasteiger partial charge in [-0.2, -0.15) is 0 Å². The maximum absolute atomic E-state index is 6.17. The van der Waals surface area contributed by atoms with Crippen LogP contribution < -0.4 is 5.73 Å². The van der Waals surface area contributed by atoms with Gasteiger partial charge in [-0.25, -0.2) is 4.98 Å². The number of aromatic nitrogens is 1. The van der Waals surface area contributed by atoms with Gasteiger partial charge in [0.1, 0.15) is 5.01 Å². The quantitative estimate of drug-likeness (QED) is 0.804. The molecule has 0 spiro atoms. The highest BCUT2D eigenvalue weighted by molar-refractivity contribution is 7.09. The van der Waals surface area contributed by atoms with Crippen molar-refractivity contribution in [2.45, 2.75) is 25.8 Å². The van der Waals surface area contributed by atoms with Crippen molar-refractivity contribution in [3.05, 3.63) is 16.1 Å². The Kier molecular flexibility index (Phi) is 3.41. The molecule has 3 nitrogen and oxygen atoms in total. The van der Waals surface area contributed by atoms with E-state index in [1.165, 1.54) is 0 Å². The normalized spacial score (nSPS) is 15.7. The van der Waals surface area contributed by atoms with Gasteiger partial charge in [0.15, 0.2) is 0 Å². The molecule has 0 aliphatic carbocycles. The maximum atomic E-state index is 6.17. The van der Waals surface area contributed by atoms with E-state index in [1.54, 1.807) is 18.4 Å². The number of nitrogens with zero attached hydrogens (tertiary/aromatic N) is 1. The van der Waals surface area contributed by atoms with Crippen molar-refractivity contribution < 1.29 is 4.74 Å². The third-order valence-electron chi connectivity index (χ3n) is 2.08. The molecule has 2 N–H and O–H groups in total. The predicted octanol–water partition coefficient (Wildman–Crippen LogP) is 1.66. The zero-order valence-electron chi connectivity index (χ0n) is 8.33. The summed E-state index contributed by atoms with van der Waals surface area (Å²) in [5.74, 6) is 0. The summed E-state index contributed by atoms with van der Waals surface area (Å²) in [5.41, 5.74) is 6.78. The number of aryl methyl sites for hydroxylation is 1. The van der Waals surface area contributed by atoms with Crippen molar-refractivity contribution in [2.24, 2.45) is 5.73 Å². The molecule has 1 rings (SSSR count). The number of ether oxygens (including phenoxy) is 1. The first kappa shape index (κ1) is 10.6. The molecule has 0 saturated carbocycles. The molecule has 13 heavy (non-hydrogen) atoms. The summed E-state index contributed by atoms with van der Waals surface area (Å²) >= 11 is 1.60. The van der Waals surface area contributed by atoms with Crippen molar-refractivity contribution in [3.63, 3.8) is 0 Å². The molecular formula is C9H16N2OS. The Morgan fingerprint density at radius 1 is 1.69 bits per heavy atom. The summed E-state index contributed by atoms with van der Waals surface area (Å²) in [4.78, 5) is 4.39. The summed E-state index contributed by atoms with van der Waals surface area (Å²) in [6.45, 7) is 4.55. The summed E-state index contributed by atoms with van der Waals surface area (Å²) in [5, 5.41) is 2.98. The number of thiazole rings is 1. The molecule has 0 aliphatic rings. The lowest BCUT2D eigenvalue weighted by atomic mass is 10.00. The SMILES string of the molecule is CCC(N)(COC)c1nc(C)cs1. The molecule has 1 atom stereocenters. The summed E-state index contributed by atoms with van der Waals surface area (Å²) in [7, 11) is 1.66. The number of rotatable bonds is 4. The second-order valence-electron chi connectivity index (χ2n) is 3.24. The van der Waals surface area contributed by atoms with Crippen LogP contribution in [-0.4, -0.2) is 18.7 Å². The Balaban J connectivity index is 2.88. The standard InChI is InChI=1S/C9H16N2OS/c1-4-9(10,6-12-3)8-11-7(2)5-13-8/h5H,4,6,10H2,1-3H3. The van der Waals surface area contributed by atoms with E-state index in [0.29, 0.717) is 6.61 Å². The molecular weight excluding hydrogens is 184 g/mol. The van der Waals surface area contributed by atoms with Crippen LogP contribution in [0.4, 0.5) is 0 Å². The van der Waals surface area contributed by atoms with E-state index in [-0.39, 0.29) is 0 Å². The number of nitrogens with two attached hydrogens (primary N) is 1. The van der Waals surface area contributed by atoms with Crippen LogP contribution in [0.2, 0.25) is 0 Å². The highest BCUT2D eigenvalue weighted by Gasteiger charge is 2.28. The molecule has 1 aromatic heterocycles. The monoisotopic (exact) mass is 200 g/mol. The molecule has 4 heteroatoms. The maximum Gasteiger partial charge on any atom is 0.115 e. The number of hydrogen-bond donors (Lipinski definition) is 1.